The molecule has 0 aromatic heterocycles. The standard InChI is InChI=1S/C20H17F3N2O2/c21-20(22,23)14-5-3-6-15(12-14)24-17(26)19(9-10-19)18(27)25-11-8-13-4-1-2-7-16(13)25/h1-7,12H,8-11H2,(H,24,26). The van der Waals surface area contributed by atoms with Crippen LogP contribution in [-0.2, 0) is 22.2 Å². The minimum atomic E-state index is -4.49. The van der Waals surface area contributed by atoms with Gasteiger partial charge in [-0.25, -0.2) is 0 Å². The average Bonchev–Trinajstić information content (AvgIpc) is 3.34. The van der Waals surface area contributed by atoms with Crippen molar-refractivity contribution in [3.63, 3.8) is 0 Å². The quantitative estimate of drug-likeness (QED) is 0.826. The molecule has 7 heteroatoms. The van der Waals surface area contributed by atoms with E-state index in [2.05, 4.69) is 5.32 Å². The van der Waals surface area contributed by atoms with Crippen molar-refractivity contribution in [3.05, 3.63) is 59.7 Å². The number of carbonyl (C=O) groups excluding carboxylic acids is 2. The van der Waals surface area contributed by atoms with E-state index in [9.17, 15) is 22.8 Å². The lowest BCUT2D eigenvalue weighted by Crippen LogP contribution is -2.42. The smallest absolute Gasteiger partial charge is 0.325 e. The number of hydrogen-bond acceptors (Lipinski definition) is 2. The molecule has 1 fully saturated rings. The Morgan fingerprint density at radius 3 is 2.48 bits per heavy atom. The summed E-state index contributed by atoms with van der Waals surface area (Å²) in [5, 5.41) is 2.50. The van der Waals surface area contributed by atoms with Crippen molar-refractivity contribution < 1.29 is 22.8 Å². The molecule has 2 amide bonds. The number of alkyl halides is 3. The van der Waals surface area contributed by atoms with Crippen LogP contribution < -0.4 is 10.2 Å². The van der Waals surface area contributed by atoms with Crippen molar-refractivity contribution in [2.75, 3.05) is 16.8 Å². The van der Waals surface area contributed by atoms with Crippen LogP contribution in [0, 0.1) is 5.41 Å². The fraction of sp³-hybridized carbons (Fsp3) is 0.300. The summed E-state index contributed by atoms with van der Waals surface area (Å²) >= 11 is 0. The third kappa shape index (κ3) is 3.07. The maximum absolute atomic E-state index is 13.0. The number of nitrogens with one attached hydrogen (secondary N) is 1. The fourth-order valence-corrected chi connectivity index (χ4v) is 3.49. The molecule has 2 aliphatic rings. The third-order valence-corrected chi connectivity index (χ3v) is 5.17. The largest absolute Gasteiger partial charge is 0.416 e. The first kappa shape index (κ1) is 17.6. The van der Waals surface area contributed by atoms with Gasteiger partial charge in [0, 0.05) is 17.9 Å². The second-order valence-electron chi connectivity index (χ2n) is 6.95. The van der Waals surface area contributed by atoms with E-state index in [1.807, 2.05) is 24.3 Å². The Balaban J connectivity index is 1.53. The fourth-order valence-electron chi connectivity index (χ4n) is 3.49. The van der Waals surface area contributed by atoms with Gasteiger partial charge >= 0.3 is 6.18 Å². The van der Waals surface area contributed by atoms with Gasteiger partial charge in [0.15, 0.2) is 0 Å². The molecule has 0 saturated heterocycles. The molecular weight excluding hydrogens is 357 g/mol. The van der Waals surface area contributed by atoms with E-state index < -0.39 is 23.1 Å². The maximum atomic E-state index is 13.0. The van der Waals surface area contributed by atoms with Gasteiger partial charge in [0.05, 0.1) is 5.56 Å². The molecule has 0 atom stereocenters. The predicted octanol–water partition coefficient (Wildman–Crippen LogP) is 4.01. The van der Waals surface area contributed by atoms with Crippen LogP contribution in [-0.4, -0.2) is 18.4 Å². The van der Waals surface area contributed by atoms with Crippen LogP contribution in [0.5, 0.6) is 0 Å². The molecule has 0 unspecified atom stereocenters. The molecule has 0 radical (unpaired) electrons. The van der Waals surface area contributed by atoms with Gasteiger partial charge < -0.3 is 10.2 Å². The summed E-state index contributed by atoms with van der Waals surface area (Å²) < 4.78 is 38.6. The van der Waals surface area contributed by atoms with Crippen LogP contribution in [0.3, 0.4) is 0 Å². The van der Waals surface area contributed by atoms with Gasteiger partial charge in [0.2, 0.25) is 11.8 Å². The normalized spacial score (nSPS) is 17.4. The number of halogens is 3. The van der Waals surface area contributed by atoms with E-state index in [-0.39, 0.29) is 11.6 Å². The minimum absolute atomic E-state index is 0.0377. The van der Waals surface area contributed by atoms with Crippen molar-refractivity contribution in [3.8, 4) is 0 Å². The van der Waals surface area contributed by atoms with Gasteiger partial charge in [-0.15, -0.1) is 0 Å². The summed E-state index contributed by atoms with van der Waals surface area (Å²) in [5.41, 5.74) is -0.132. The van der Waals surface area contributed by atoms with Gasteiger partial charge in [0.25, 0.3) is 0 Å². The van der Waals surface area contributed by atoms with Crippen molar-refractivity contribution in [2.24, 2.45) is 5.41 Å². The summed E-state index contributed by atoms with van der Waals surface area (Å²) in [5.74, 6) is -0.826. The second-order valence-corrected chi connectivity index (χ2v) is 6.95. The van der Waals surface area contributed by atoms with E-state index >= 15 is 0 Å². The summed E-state index contributed by atoms with van der Waals surface area (Å²) in [6, 6.07) is 12.0. The Morgan fingerprint density at radius 1 is 1.04 bits per heavy atom. The molecule has 4 nitrogen and oxygen atoms in total. The number of para-hydroxylation sites is 1. The van der Waals surface area contributed by atoms with Crippen molar-refractivity contribution in [1.29, 1.82) is 0 Å². The molecule has 27 heavy (non-hydrogen) atoms. The minimum Gasteiger partial charge on any atom is -0.325 e. The van der Waals surface area contributed by atoms with Gasteiger partial charge in [-0.1, -0.05) is 24.3 Å². The van der Waals surface area contributed by atoms with Gasteiger partial charge in [-0.3, -0.25) is 9.59 Å². The summed E-state index contributed by atoms with van der Waals surface area (Å²) in [4.78, 5) is 27.4. The van der Waals surface area contributed by atoms with Crippen LogP contribution in [0.4, 0.5) is 24.5 Å². The summed E-state index contributed by atoms with van der Waals surface area (Å²) in [6.07, 6.45) is -2.97. The first-order chi connectivity index (χ1) is 12.8. The van der Waals surface area contributed by atoms with Crippen LogP contribution in [0.25, 0.3) is 0 Å². The topological polar surface area (TPSA) is 49.4 Å². The van der Waals surface area contributed by atoms with Crippen LogP contribution in [0.1, 0.15) is 24.0 Å². The SMILES string of the molecule is O=C(Nc1cccc(C(F)(F)F)c1)C1(C(=O)N2CCc3ccccc32)CC1. The average molecular weight is 374 g/mol. The van der Waals surface area contributed by atoms with Gasteiger partial charge in [-0.2, -0.15) is 13.2 Å². The van der Waals surface area contributed by atoms with Crippen molar-refractivity contribution in [2.45, 2.75) is 25.4 Å². The van der Waals surface area contributed by atoms with Crippen molar-refractivity contribution >= 4 is 23.2 Å². The van der Waals surface area contributed by atoms with Crippen LogP contribution in [0.15, 0.2) is 48.5 Å². The number of hydrogen-bond donors (Lipinski definition) is 1. The third-order valence-electron chi connectivity index (χ3n) is 5.17. The molecule has 1 N–H and O–H groups in total. The Bertz CT molecular complexity index is 919. The lowest BCUT2D eigenvalue weighted by Gasteiger charge is -2.23. The number of carbonyl (C=O) groups is 2. The van der Waals surface area contributed by atoms with Gasteiger partial charge in [0.1, 0.15) is 5.41 Å². The highest BCUT2D eigenvalue weighted by molar-refractivity contribution is 6.18. The molecule has 1 saturated carbocycles. The molecule has 0 bridgehead atoms. The number of anilines is 2. The Morgan fingerprint density at radius 2 is 1.78 bits per heavy atom. The number of amides is 2. The summed E-state index contributed by atoms with van der Waals surface area (Å²) in [6.45, 7) is 0.511. The van der Waals surface area contributed by atoms with E-state index in [1.54, 1.807) is 4.90 Å². The first-order valence-corrected chi connectivity index (χ1v) is 8.70. The van der Waals surface area contributed by atoms with E-state index in [0.29, 0.717) is 19.4 Å². The van der Waals surface area contributed by atoms with E-state index in [4.69, 9.17) is 0 Å². The molecule has 140 valence electrons. The molecule has 2 aromatic rings. The molecule has 4 rings (SSSR count). The number of nitrogens with zero attached hydrogens (tertiary/aromatic N) is 1. The highest BCUT2D eigenvalue weighted by Gasteiger charge is 2.58. The zero-order chi connectivity index (χ0) is 19.2. The molecule has 0 spiro atoms. The zero-order valence-electron chi connectivity index (χ0n) is 14.3. The van der Waals surface area contributed by atoms with E-state index in [1.165, 1.54) is 12.1 Å². The predicted molar refractivity (Wildman–Crippen MR) is 94.2 cm³/mol. The highest BCUT2D eigenvalue weighted by Crippen LogP contribution is 2.49. The number of rotatable bonds is 3. The first-order valence-electron chi connectivity index (χ1n) is 8.70. The van der Waals surface area contributed by atoms with Crippen LogP contribution >= 0.6 is 0 Å². The lowest BCUT2D eigenvalue weighted by molar-refractivity contribution is -0.138. The number of benzene rings is 2. The second kappa shape index (κ2) is 6.11. The molecule has 1 heterocycles. The highest BCUT2D eigenvalue weighted by atomic mass is 19.4. The Labute approximate surface area is 154 Å². The Kier molecular flexibility index (Phi) is 3.98. The zero-order valence-corrected chi connectivity index (χ0v) is 14.3. The summed E-state index contributed by atoms with van der Waals surface area (Å²) in [7, 11) is 0. The Hall–Kier alpha value is -2.83. The lowest BCUT2D eigenvalue weighted by atomic mass is 10.0. The molecule has 1 aliphatic heterocycles. The monoisotopic (exact) mass is 374 g/mol. The number of fused-ring (bicyclic) bond motifs is 1. The van der Waals surface area contributed by atoms with Crippen molar-refractivity contribution in [1.82, 2.24) is 0 Å². The van der Waals surface area contributed by atoms with Gasteiger partial charge in [-0.05, 0) is 49.1 Å². The maximum Gasteiger partial charge on any atom is 0.416 e. The molecular formula is C20H17F3N2O2. The molecule has 1 aliphatic carbocycles. The van der Waals surface area contributed by atoms with E-state index in [0.717, 1.165) is 29.8 Å². The van der Waals surface area contributed by atoms with Crippen LogP contribution in [0.2, 0.25) is 0 Å². The molecule has 2 aromatic carbocycles.